The van der Waals surface area contributed by atoms with Gasteiger partial charge in [-0.2, -0.15) is 0 Å². The lowest BCUT2D eigenvalue weighted by atomic mass is 9.96. The number of ether oxygens (including phenoxy) is 1. The van der Waals surface area contributed by atoms with Crippen molar-refractivity contribution < 1.29 is 14.7 Å². The van der Waals surface area contributed by atoms with E-state index in [1.807, 2.05) is 6.92 Å². The van der Waals surface area contributed by atoms with Gasteiger partial charge in [0.15, 0.2) is 0 Å². The largest absolute Gasteiger partial charge is 0.411 e. The van der Waals surface area contributed by atoms with Crippen molar-refractivity contribution in [1.82, 2.24) is 5.32 Å². The minimum absolute atomic E-state index is 0.0477. The molecule has 0 saturated heterocycles. The number of carbonyl (C=O) groups excluding carboxylic acids is 1. The molecule has 0 aromatic rings. The summed E-state index contributed by atoms with van der Waals surface area (Å²) in [4.78, 5) is 11.6. The summed E-state index contributed by atoms with van der Waals surface area (Å²) in [6.45, 7) is 4.49. The second kappa shape index (κ2) is 7.27. The molecule has 0 heterocycles. The van der Waals surface area contributed by atoms with Gasteiger partial charge in [0.05, 0.1) is 11.8 Å². The van der Waals surface area contributed by atoms with Gasteiger partial charge in [-0.05, 0) is 39.0 Å². The summed E-state index contributed by atoms with van der Waals surface area (Å²) in [7, 11) is 0. The number of amides is 1. The minimum atomic E-state index is -0.404. The molecule has 1 fully saturated rings. The molecule has 0 aromatic carbocycles. The van der Waals surface area contributed by atoms with Gasteiger partial charge < -0.3 is 15.3 Å². The summed E-state index contributed by atoms with van der Waals surface area (Å²) in [5, 5.41) is 14.7. The van der Waals surface area contributed by atoms with Crippen molar-refractivity contribution in [2.24, 2.45) is 5.16 Å². The van der Waals surface area contributed by atoms with E-state index in [1.165, 1.54) is 0 Å². The van der Waals surface area contributed by atoms with Gasteiger partial charge in [-0.25, -0.2) is 0 Å². The van der Waals surface area contributed by atoms with E-state index in [2.05, 4.69) is 10.5 Å². The Balaban J connectivity index is 2.27. The van der Waals surface area contributed by atoms with Gasteiger partial charge >= 0.3 is 0 Å². The van der Waals surface area contributed by atoms with Crippen LogP contribution >= 0.6 is 0 Å². The van der Waals surface area contributed by atoms with Crippen LogP contribution < -0.4 is 5.32 Å². The Kier molecular flexibility index (Phi) is 5.97. The van der Waals surface area contributed by atoms with Crippen LogP contribution in [0.2, 0.25) is 0 Å². The third kappa shape index (κ3) is 4.73. The SMILES string of the molecule is CCCNC(=O)C(C)OC1CCC(=NO)CC1. The van der Waals surface area contributed by atoms with E-state index >= 15 is 0 Å². The zero-order valence-corrected chi connectivity index (χ0v) is 10.6. The maximum absolute atomic E-state index is 11.6. The van der Waals surface area contributed by atoms with Crippen LogP contribution in [0.25, 0.3) is 0 Å². The van der Waals surface area contributed by atoms with Crippen molar-refractivity contribution in [3.63, 3.8) is 0 Å². The van der Waals surface area contributed by atoms with E-state index in [4.69, 9.17) is 9.94 Å². The molecule has 17 heavy (non-hydrogen) atoms. The quantitative estimate of drug-likeness (QED) is 0.569. The fraction of sp³-hybridized carbons (Fsp3) is 0.833. The van der Waals surface area contributed by atoms with Gasteiger partial charge in [-0.3, -0.25) is 4.79 Å². The summed E-state index contributed by atoms with van der Waals surface area (Å²) < 4.78 is 5.69. The van der Waals surface area contributed by atoms with Crippen molar-refractivity contribution in [2.45, 2.75) is 58.2 Å². The van der Waals surface area contributed by atoms with Crippen molar-refractivity contribution >= 4 is 11.6 Å². The number of hydrogen-bond acceptors (Lipinski definition) is 4. The van der Waals surface area contributed by atoms with Crippen LogP contribution in [0.3, 0.4) is 0 Å². The first-order valence-electron chi connectivity index (χ1n) is 6.30. The number of nitrogens with zero attached hydrogens (tertiary/aromatic N) is 1. The fourth-order valence-electron chi connectivity index (χ4n) is 1.90. The van der Waals surface area contributed by atoms with Crippen LogP contribution in [-0.2, 0) is 9.53 Å². The topological polar surface area (TPSA) is 70.9 Å². The highest BCUT2D eigenvalue weighted by Crippen LogP contribution is 2.20. The summed E-state index contributed by atoms with van der Waals surface area (Å²) in [5.74, 6) is -0.0477. The van der Waals surface area contributed by atoms with Crippen LogP contribution in [-0.4, -0.2) is 35.6 Å². The van der Waals surface area contributed by atoms with E-state index in [1.54, 1.807) is 6.92 Å². The lowest BCUT2D eigenvalue weighted by molar-refractivity contribution is -0.135. The van der Waals surface area contributed by atoms with E-state index < -0.39 is 6.10 Å². The Morgan fingerprint density at radius 3 is 2.76 bits per heavy atom. The van der Waals surface area contributed by atoms with Crippen LogP contribution in [0.15, 0.2) is 5.16 Å². The number of carbonyl (C=O) groups is 1. The van der Waals surface area contributed by atoms with Crippen LogP contribution in [0, 0.1) is 0 Å². The molecule has 1 amide bonds. The standard InChI is InChI=1S/C12H22N2O3/c1-3-8-13-12(15)9(2)17-11-6-4-10(14-16)5-7-11/h9,11,16H,3-8H2,1-2H3,(H,13,15). The molecule has 0 aliphatic heterocycles. The van der Waals surface area contributed by atoms with Crippen molar-refractivity contribution in [3.8, 4) is 0 Å². The molecule has 0 spiro atoms. The number of oxime groups is 1. The van der Waals surface area contributed by atoms with E-state index in [9.17, 15) is 4.79 Å². The van der Waals surface area contributed by atoms with Gasteiger partial charge in [0.1, 0.15) is 6.10 Å². The lowest BCUT2D eigenvalue weighted by Crippen LogP contribution is -2.38. The summed E-state index contributed by atoms with van der Waals surface area (Å²) in [5.41, 5.74) is 0.827. The highest BCUT2D eigenvalue weighted by molar-refractivity contribution is 5.84. The zero-order chi connectivity index (χ0) is 12.7. The predicted octanol–water partition coefficient (Wildman–Crippen LogP) is 1.69. The maximum Gasteiger partial charge on any atom is 0.248 e. The van der Waals surface area contributed by atoms with E-state index in [0.29, 0.717) is 6.54 Å². The molecule has 5 nitrogen and oxygen atoms in total. The molecule has 0 bridgehead atoms. The average Bonchev–Trinajstić information content (AvgIpc) is 2.36. The van der Waals surface area contributed by atoms with Crippen molar-refractivity contribution in [1.29, 1.82) is 0 Å². The van der Waals surface area contributed by atoms with Gasteiger partial charge in [-0.1, -0.05) is 12.1 Å². The second-order valence-electron chi connectivity index (χ2n) is 4.43. The molecule has 5 heteroatoms. The van der Waals surface area contributed by atoms with Crippen LogP contribution in [0.1, 0.15) is 46.0 Å². The molecule has 1 saturated carbocycles. The van der Waals surface area contributed by atoms with Crippen LogP contribution in [0.5, 0.6) is 0 Å². The van der Waals surface area contributed by atoms with E-state index in [-0.39, 0.29) is 12.0 Å². The Bertz CT molecular complexity index is 269. The second-order valence-corrected chi connectivity index (χ2v) is 4.43. The third-order valence-corrected chi connectivity index (χ3v) is 2.97. The summed E-state index contributed by atoms with van der Waals surface area (Å²) in [6.07, 6.45) is 3.78. The number of rotatable bonds is 5. The first kappa shape index (κ1) is 14.0. The number of hydrogen-bond donors (Lipinski definition) is 2. The van der Waals surface area contributed by atoms with Gasteiger partial charge in [0.25, 0.3) is 0 Å². The molecule has 1 unspecified atom stereocenters. The molecule has 1 atom stereocenters. The fourth-order valence-corrected chi connectivity index (χ4v) is 1.90. The lowest BCUT2D eigenvalue weighted by Gasteiger charge is -2.25. The Morgan fingerprint density at radius 2 is 2.24 bits per heavy atom. The zero-order valence-electron chi connectivity index (χ0n) is 10.6. The van der Waals surface area contributed by atoms with Crippen molar-refractivity contribution in [3.05, 3.63) is 0 Å². The Hall–Kier alpha value is -1.10. The highest BCUT2D eigenvalue weighted by Gasteiger charge is 2.23. The van der Waals surface area contributed by atoms with Gasteiger partial charge in [0.2, 0.25) is 5.91 Å². The molecule has 0 aromatic heterocycles. The summed E-state index contributed by atoms with van der Waals surface area (Å²) in [6, 6.07) is 0. The van der Waals surface area contributed by atoms with Gasteiger partial charge in [0, 0.05) is 6.54 Å². The molecule has 1 rings (SSSR count). The third-order valence-electron chi connectivity index (χ3n) is 2.97. The van der Waals surface area contributed by atoms with Crippen molar-refractivity contribution in [2.75, 3.05) is 6.54 Å². The monoisotopic (exact) mass is 242 g/mol. The molecule has 98 valence electrons. The first-order valence-corrected chi connectivity index (χ1v) is 6.30. The molecular weight excluding hydrogens is 220 g/mol. The molecule has 2 N–H and O–H groups in total. The number of nitrogens with one attached hydrogen (secondary N) is 1. The summed E-state index contributed by atoms with van der Waals surface area (Å²) >= 11 is 0. The highest BCUT2D eigenvalue weighted by atomic mass is 16.5. The smallest absolute Gasteiger partial charge is 0.248 e. The predicted molar refractivity (Wildman–Crippen MR) is 65.3 cm³/mol. The van der Waals surface area contributed by atoms with E-state index in [0.717, 1.165) is 37.8 Å². The normalized spacial score (nSPS) is 22.0. The Morgan fingerprint density at radius 1 is 1.59 bits per heavy atom. The minimum Gasteiger partial charge on any atom is -0.411 e. The van der Waals surface area contributed by atoms with Gasteiger partial charge in [-0.15, -0.1) is 0 Å². The maximum atomic E-state index is 11.6. The molecular formula is C12H22N2O3. The molecule has 0 radical (unpaired) electrons. The first-order chi connectivity index (χ1) is 8.17. The molecule has 1 aliphatic rings. The van der Waals surface area contributed by atoms with Crippen LogP contribution in [0.4, 0.5) is 0 Å². The Labute approximate surface area is 102 Å². The average molecular weight is 242 g/mol. The molecule has 1 aliphatic carbocycles.